The van der Waals surface area contributed by atoms with Crippen molar-refractivity contribution in [1.29, 1.82) is 0 Å². The predicted octanol–water partition coefficient (Wildman–Crippen LogP) is 1.09. The van der Waals surface area contributed by atoms with Crippen LogP contribution in [0.15, 0.2) is 61.2 Å². The number of hydrogen-bond acceptors (Lipinski definition) is 8. The number of aromatic nitrogens is 4. The SMILES string of the molecule is O=c1[nH]c2ccc(S(=O)(=O)NCCc3nnc(-c4ccncc4)o3)cc2o1. The van der Waals surface area contributed by atoms with Crippen molar-refractivity contribution in [2.75, 3.05) is 6.54 Å². The Bertz CT molecular complexity index is 1240. The molecule has 11 heteroatoms. The third-order valence-electron chi connectivity index (χ3n) is 3.73. The van der Waals surface area contributed by atoms with E-state index in [0.717, 1.165) is 5.56 Å². The van der Waals surface area contributed by atoms with Crippen LogP contribution < -0.4 is 10.5 Å². The number of benzene rings is 1. The van der Waals surface area contributed by atoms with E-state index in [9.17, 15) is 13.2 Å². The van der Waals surface area contributed by atoms with Gasteiger partial charge in [-0.1, -0.05) is 0 Å². The molecule has 0 atom stereocenters. The molecule has 27 heavy (non-hydrogen) atoms. The Hall–Kier alpha value is -3.31. The Morgan fingerprint density at radius 1 is 1.07 bits per heavy atom. The second-order valence-corrected chi connectivity index (χ2v) is 7.32. The molecule has 0 radical (unpaired) electrons. The quantitative estimate of drug-likeness (QED) is 0.500. The molecule has 0 aliphatic rings. The van der Waals surface area contributed by atoms with Crippen molar-refractivity contribution in [1.82, 2.24) is 24.9 Å². The van der Waals surface area contributed by atoms with Crippen LogP contribution in [-0.2, 0) is 16.4 Å². The van der Waals surface area contributed by atoms with E-state index in [1.54, 1.807) is 24.5 Å². The number of nitrogens with zero attached hydrogens (tertiary/aromatic N) is 3. The lowest BCUT2D eigenvalue weighted by atomic mass is 10.3. The zero-order valence-corrected chi connectivity index (χ0v) is 14.6. The van der Waals surface area contributed by atoms with Gasteiger partial charge in [0.15, 0.2) is 5.58 Å². The molecule has 0 saturated heterocycles. The molecule has 3 heterocycles. The van der Waals surface area contributed by atoms with Crippen molar-refractivity contribution in [3.8, 4) is 11.5 Å². The van der Waals surface area contributed by atoms with Crippen molar-refractivity contribution >= 4 is 21.1 Å². The molecule has 0 amide bonds. The predicted molar refractivity (Wildman–Crippen MR) is 93.3 cm³/mol. The molecule has 1 aromatic carbocycles. The summed E-state index contributed by atoms with van der Waals surface area (Å²) >= 11 is 0. The molecular formula is C16H13N5O5S. The number of pyridine rings is 1. The first-order valence-electron chi connectivity index (χ1n) is 7.86. The van der Waals surface area contributed by atoms with E-state index in [-0.39, 0.29) is 23.4 Å². The smallest absolute Gasteiger partial charge is 0.417 e. The molecule has 4 rings (SSSR count). The second-order valence-electron chi connectivity index (χ2n) is 5.56. The Labute approximate surface area is 152 Å². The van der Waals surface area contributed by atoms with Gasteiger partial charge in [0.2, 0.25) is 21.8 Å². The van der Waals surface area contributed by atoms with Crippen LogP contribution >= 0.6 is 0 Å². The minimum atomic E-state index is -3.78. The largest absolute Gasteiger partial charge is 0.421 e. The molecular weight excluding hydrogens is 374 g/mol. The van der Waals surface area contributed by atoms with Crippen LogP contribution in [-0.4, -0.2) is 35.1 Å². The normalized spacial score (nSPS) is 11.9. The third-order valence-corrected chi connectivity index (χ3v) is 5.19. The molecule has 0 bridgehead atoms. The highest BCUT2D eigenvalue weighted by Gasteiger charge is 2.16. The summed E-state index contributed by atoms with van der Waals surface area (Å²) in [6, 6.07) is 7.59. The lowest BCUT2D eigenvalue weighted by Crippen LogP contribution is -2.26. The number of aromatic amines is 1. The topological polar surface area (TPSA) is 144 Å². The van der Waals surface area contributed by atoms with Gasteiger partial charge in [-0.05, 0) is 24.3 Å². The van der Waals surface area contributed by atoms with Gasteiger partial charge in [-0.15, -0.1) is 10.2 Å². The van der Waals surface area contributed by atoms with E-state index in [1.165, 1.54) is 18.2 Å². The first kappa shape index (κ1) is 17.1. The Kier molecular flexibility index (Phi) is 4.30. The van der Waals surface area contributed by atoms with Crippen LogP contribution in [0, 0.1) is 0 Å². The fraction of sp³-hybridized carbons (Fsp3) is 0.125. The van der Waals surface area contributed by atoms with Gasteiger partial charge in [-0.25, -0.2) is 17.9 Å². The molecule has 138 valence electrons. The average molecular weight is 387 g/mol. The monoisotopic (exact) mass is 387 g/mol. The maximum absolute atomic E-state index is 12.4. The average Bonchev–Trinajstić information content (AvgIpc) is 3.27. The van der Waals surface area contributed by atoms with E-state index >= 15 is 0 Å². The lowest BCUT2D eigenvalue weighted by Gasteiger charge is -2.05. The minimum absolute atomic E-state index is 0.0132. The molecule has 0 unspecified atom stereocenters. The fourth-order valence-corrected chi connectivity index (χ4v) is 3.48. The highest BCUT2D eigenvalue weighted by molar-refractivity contribution is 7.89. The summed E-state index contributed by atoms with van der Waals surface area (Å²) in [6.07, 6.45) is 3.44. The summed E-state index contributed by atoms with van der Waals surface area (Å²) < 4.78 is 37.6. The minimum Gasteiger partial charge on any atom is -0.421 e. The standard InChI is InChI=1S/C16H13N5O5S/c22-16-19-12-2-1-11(9-13(12)25-16)27(23,24)18-8-5-14-20-21-15(26-14)10-3-6-17-7-4-10/h1-4,6-7,9,18H,5,8H2,(H,19,22). The van der Waals surface area contributed by atoms with Crippen molar-refractivity contribution in [2.45, 2.75) is 11.3 Å². The fourth-order valence-electron chi connectivity index (χ4n) is 2.43. The maximum Gasteiger partial charge on any atom is 0.417 e. The van der Waals surface area contributed by atoms with Crippen LogP contribution in [0.2, 0.25) is 0 Å². The van der Waals surface area contributed by atoms with Crippen LogP contribution in [0.5, 0.6) is 0 Å². The van der Waals surface area contributed by atoms with Gasteiger partial charge in [0.1, 0.15) is 0 Å². The number of H-pyrrole nitrogens is 1. The Morgan fingerprint density at radius 2 is 1.89 bits per heavy atom. The highest BCUT2D eigenvalue weighted by atomic mass is 32.2. The second kappa shape index (κ2) is 6.78. The molecule has 2 N–H and O–H groups in total. The van der Waals surface area contributed by atoms with Gasteiger partial charge in [-0.3, -0.25) is 9.97 Å². The molecule has 0 aliphatic carbocycles. The van der Waals surface area contributed by atoms with Crippen molar-refractivity contribution in [3.05, 3.63) is 59.2 Å². The van der Waals surface area contributed by atoms with Crippen molar-refractivity contribution < 1.29 is 17.3 Å². The zero-order chi connectivity index (χ0) is 18.9. The number of hydrogen-bond donors (Lipinski definition) is 2. The molecule has 0 aliphatic heterocycles. The van der Waals surface area contributed by atoms with E-state index in [4.69, 9.17) is 8.83 Å². The summed E-state index contributed by atoms with van der Waals surface area (Å²) in [7, 11) is -3.78. The molecule has 0 fully saturated rings. The van der Waals surface area contributed by atoms with Gasteiger partial charge in [-0.2, -0.15) is 0 Å². The number of oxazole rings is 1. The third kappa shape index (κ3) is 3.64. The molecule has 10 nitrogen and oxygen atoms in total. The molecule has 0 spiro atoms. The molecule has 4 aromatic rings. The van der Waals surface area contributed by atoms with Crippen molar-refractivity contribution in [3.63, 3.8) is 0 Å². The first-order valence-corrected chi connectivity index (χ1v) is 9.35. The van der Waals surface area contributed by atoms with Gasteiger partial charge in [0.25, 0.3) is 0 Å². The Morgan fingerprint density at radius 3 is 2.70 bits per heavy atom. The zero-order valence-electron chi connectivity index (χ0n) is 13.7. The summed E-state index contributed by atoms with van der Waals surface area (Å²) in [6.45, 7) is 0.0649. The lowest BCUT2D eigenvalue weighted by molar-refractivity contribution is 0.502. The van der Waals surface area contributed by atoms with E-state index in [2.05, 4.69) is 24.9 Å². The number of fused-ring (bicyclic) bond motifs is 1. The molecule has 3 aromatic heterocycles. The van der Waals surface area contributed by atoms with E-state index in [1.807, 2.05) is 0 Å². The number of sulfonamides is 1. The van der Waals surface area contributed by atoms with Gasteiger partial charge < -0.3 is 8.83 Å². The van der Waals surface area contributed by atoms with Crippen LogP contribution in [0.1, 0.15) is 5.89 Å². The number of nitrogens with one attached hydrogen (secondary N) is 2. The van der Waals surface area contributed by atoms with Gasteiger partial charge >= 0.3 is 5.76 Å². The van der Waals surface area contributed by atoms with E-state index < -0.39 is 15.8 Å². The maximum atomic E-state index is 12.4. The summed E-state index contributed by atoms with van der Waals surface area (Å²) in [4.78, 5) is 17.5. The highest BCUT2D eigenvalue weighted by Crippen LogP contribution is 2.18. The van der Waals surface area contributed by atoms with E-state index in [0.29, 0.717) is 17.3 Å². The van der Waals surface area contributed by atoms with Gasteiger partial charge in [0, 0.05) is 37.0 Å². The van der Waals surface area contributed by atoms with Crippen LogP contribution in [0.3, 0.4) is 0 Å². The Balaban J connectivity index is 1.43. The van der Waals surface area contributed by atoms with Crippen LogP contribution in [0.25, 0.3) is 22.6 Å². The summed E-state index contributed by atoms with van der Waals surface area (Å²) in [5.41, 5.74) is 1.32. The summed E-state index contributed by atoms with van der Waals surface area (Å²) in [5.74, 6) is -0.00584. The van der Waals surface area contributed by atoms with Crippen LogP contribution in [0.4, 0.5) is 0 Å². The first-order chi connectivity index (χ1) is 13.0. The van der Waals surface area contributed by atoms with Crippen molar-refractivity contribution in [2.24, 2.45) is 0 Å². The number of rotatable bonds is 6. The summed E-state index contributed by atoms with van der Waals surface area (Å²) in [5, 5.41) is 7.83. The van der Waals surface area contributed by atoms with Gasteiger partial charge in [0.05, 0.1) is 10.4 Å². The molecule has 0 saturated carbocycles.